The summed E-state index contributed by atoms with van der Waals surface area (Å²) in [4.78, 5) is 19.5. The van der Waals surface area contributed by atoms with Gasteiger partial charge in [0.05, 0.1) is 13.7 Å². The van der Waals surface area contributed by atoms with Crippen molar-refractivity contribution >= 4 is 11.6 Å². The molecule has 2 aliphatic heterocycles. The van der Waals surface area contributed by atoms with Crippen molar-refractivity contribution in [3.63, 3.8) is 0 Å². The number of carbonyl (C=O) groups excluding carboxylic acids is 1. The van der Waals surface area contributed by atoms with E-state index in [1.54, 1.807) is 7.11 Å². The Kier molecular flexibility index (Phi) is 6.19. The number of benzene rings is 1. The molecule has 0 saturated carbocycles. The predicted octanol–water partition coefficient (Wildman–Crippen LogP) is 2.61. The first-order chi connectivity index (χ1) is 12.2. The zero-order valence-corrected chi connectivity index (χ0v) is 15.6. The number of methoxy groups -OCH3 is 1. The fraction of sp³-hybridized carbons (Fsp3) is 0.650. The van der Waals surface area contributed by atoms with E-state index < -0.39 is 0 Å². The minimum absolute atomic E-state index is 0.301. The predicted molar refractivity (Wildman–Crippen MR) is 101 cm³/mol. The van der Waals surface area contributed by atoms with Gasteiger partial charge in [-0.25, -0.2) is 0 Å². The minimum atomic E-state index is 0.301. The highest BCUT2D eigenvalue weighted by atomic mass is 16.5. The van der Waals surface area contributed by atoms with Crippen LogP contribution in [0.25, 0.3) is 0 Å². The highest BCUT2D eigenvalue weighted by molar-refractivity contribution is 5.78. The number of piperazine rings is 1. The molecule has 0 N–H and O–H groups in total. The van der Waals surface area contributed by atoms with Crippen molar-refractivity contribution in [3.8, 4) is 5.75 Å². The second-order valence-corrected chi connectivity index (χ2v) is 7.09. The van der Waals surface area contributed by atoms with Crippen LogP contribution < -0.4 is 9.64 Å². The van der Waals surface area contributed by atoms with E-state index in [9.17, 15) is 4.79 Å². The minimum Gasteiger partial charge on any atom is -0.497 e. The summed E-state index contributed by atoms with van der Waals surface area (Å²) in [5, 5.41) is 0. The molecule has 0 aliphatic carbocycles. The van der Waals surface area contributed by atoms with Gasteiger partial charge in [-0.15, -0.1) is 0 Å². The van der Waals surface area contributed by atoms with Crippen LogP contribution in [0.15, 0.2) is 24.3 Å². The first-order valence-corrected chi connectivity index (χ1v) is 9.62. The van der Waals surface area contributed by atoms with Crippen LogP contribution in [0.2, 0.25) is 0 Å². The molecular weight excluding hydrogens is 314 g/mol. The van der Waals surface area contributed by atoms with E-state index in [1.165, 1.54) is 24.9 Å². The van der Waals surface area contributed by atoms with Gasteiger partial charge >= 0.3 is 0 Å². The number of anilines is 1. The van der Waals surface area contributed by atoms with E-state index in [1.807, 2.05) is 17.0 Å². The Bertz CT molecular complexity index is 553. The van der Waals surface area contributed by atoms with Gasteiger partial charge in [-0.3, -0.25) is 9.69 Å². The molecule has 0 bridgehead atoms. The average Bonchev–Trinajstić information content (AvgIpc) is 2.68. The Labute approximate surface area is 151 Å². The van der Waals surface area contributed by atoms with Gasteiger partial charge in [0.1, 0.15) is 5.75 Å². The van der Waals surface area contributed by atoms with E-state index in [2.05, 4.69) is 28.9 Å². The molecule has 2 heterocycles. The highest BCUT2D eigenvalue weighted by Crippen LogP contribution is 2.22. The quantitative estimate of drug-likeness (QED) is 0.822. The zero-order chi connectivity index (χ0) is 17.6. The van der Waals surface area contributed by atoms with Crippen molar-refractivity contribution < 1.29 is 9.53 Å². The highest BCUT2D eigenvalue weighted by Gasteiger charge is 2.27. The first kappa shape index (κ1) is 18.1. The van der Waals surface area contributed by atoms with Crippen LogP contribution in [0.4, 0.5) is 5.69 Å². The number of hydrogen-bond donors (Lipinski definition) is 0. The third-order valence-corrected chi connectivity index (χ3v) is 5.63. The number of amides is 1. The first-order valence-electron chi connectivity index (χ1n) is 9.62. The van der Waals surface area contributed by atoms with Crippen LogP contribution >= 0.6 is 0 Å². The van der Waals surface area contributed by atoms with E-state index in [0.717, 1.165) is 44.9 Å². The molecule has 2 fully saturated rings. The Morgan fingerprint density at radius 1 is 1.08 bits per heavy atom. The summed E-state index contributed by atoms with van der Waals surface area (Å²) >= 11 is 0. The lowest BCUT2D eigenvalue weighted by Gasteiger charge is -2.39. The molecule has 25 heavy (non-hydrogen) atoms. The lowest BCUT2D eigenvalue weighted by molar-refractivity contribution is -0.133. The molecule has 5 heteroatoms. The van der Waals surface area contributed by atoms with Crippen molar-refractivity contribution in [1.82, 2.24) is 9.80 Å². The van der Waals surface area contributed by atoms with Gasteiger partial charge in [-0.2, -0.15) is 0 Å². The standard InChI is InChI=1S/C20H31N3O2/c1-3-17-6-4-5-11-23(17)16-20(24)22-14-12-21(13-15-22)18-7-9-19(25-2)10-8-18/h7-10,17H,3-6,11-16H2,1-2H3. The van der Waals surface area contributed by atoms with Gasteiger partial charge in [0, 0.05) is 37.9 Å². The molecule has 1 unspecified atom stereocenters. The van der Waals surface area contributed by atoms with Crippen molar-refractivity contribution in [1.29, 1.82) is 0 Å². The van der Waals surface area contributed by atoms with Gasteiger partial charge in [0.2, 0.25) is 5.91 Å². The molecule has 1 aromatic carbocycles. The van der Waals surface area contributed by atoms with E-state index >= 15 is 0 Å². The van der Waals surface area contributed by atoms with Crippen molar-refractivity contribution in [2.75, 3.05) is 51.3 Å². The molecule has 3 rings (SSSR count). The summed E-state index contributed by atoms with van der Waals surface area (Å²) in [6.07, 6.45) is 4.94. The van der Waals surface area contributed by atoms with Crippen molar-refractivity contribution in [3.05, 3.63) is 24.3 Å². The fourth-order valence-electron chi connectivity index (χ4n) is 4.01. The number of carbonyl (C=O) groups is 1. The summed E-state index contributed by atoms with van der Waals surface area (Å²) in [5.41, 5.74) is 1.20. The molecule has 2 saturated heterocycles. The third kappa shape index (κ3) is 4.46. The Morgan fingerprint density at radius 3 is 2.44 bits per heavy atom. The Morgan fingerprint density at radius 2 is 1.80 bits per heavy atom. The van der Waals surface area contributed by atoms with E-state index in [-0.39, 0.29) is 0 Å². The molecule has 0 spiro atoms. The second-order valence-electron chi connectivity index (χ2n) is 7.09. The number of ether oxygens (including phenoxy) is 1. The van der Waals surface area contributed by atoms with E-state index in [0.29, 0.717) is 18.5 Å². The molecule has 138 valence electrons. The number of piperidine rings is 1. The normalized spacial score (nSPS) is 22.1. The maximum absolute atomic E-state index is 12.7. The maximum atomic E-state index is 12.7. The number of hydrogen-bond acceptors (Lipinski definition) is 4. The molecule has 1 amide bonds. The van der Waals surface area contributed by atoms with Crippen LogP contribution in [0.3, 0.4) is 0 Å². The van der Waals surface area contributed by atoms with E-state index in [4.69, 9.17) is 4.74 Å². The lowest BCUT2D eigenvalue weighted by atomic mass is 10.00. The molecule has 5 nitrogen and oxygen atoms in total. The van der Waals surface area contributed by atoms with Crippen LogP contribution in [-0.2, 0) is 4.79 Å². The van der Waals surface area contributed by atoms with Crippen molar-refractivity contribution in [2.45, 2.75) is 38.6 Å². The van der Waals surface area contributed by atoms with Crippen LogP contribution in [0.5, 0.6) is 5.75 Å². The topological polar surface area (TPSA) is 36.0 Å². The van der Waals surface area contributed by atoms with Gasteiger partial charge in [0.25, 0.3) is 0 Å². The summed E-state index contributed by atoms with van der Waals surface area (Å²) in [6.45, 7) is 7.34. The molecule has 1 aromatic rings. The third-order valence-electron chi connectivity index (χ3n) is 5.63. The fourth-order valence-corrected chi connectivity index (χ4v) is 4.01. The van der Waals surface area contributed by atoms with Crippen LogP contribution in [0.1, 0.15) is 32.6 Å². The largest absolute Gasteiger partial charge is 0.497 e. The maximum Gasteiger partial charge on any atom is 0.236 e. The number of likely N-dealkylation sites (tertiary alicyclic amines) is 1. The summed E-state index contributed by atoms with van der Waals surface area (Å²) in [7, 11) is 1.69. The Balaban J connectivity index is 1.50. The number of rotatable bonds is 5. The molecule has 1 atom stereocenters. The lowest BCUT2D eigenvalue weighted by Crippen LogP contribution is -2.53. The molecular formula is C20H31N3O2. The van der Waals surface area contributed by atoms with Crippen LogP contribution in [0, 0.1) is 0 Å². The second kappa shape index (κ2) is 8.56. The zero-order valence-electron chi connectivity index (χ0n) is 15.6. The Hall–Kier alpha value is -1.75. The monoisotopic (exact) mass is 345 g/mol. The SMILES string of the molecule is CCC1CCCCN1CC(=O)N1CCN(c2ccc(OC)cc2)CC1. The van der Waals surface area contributed by atoms with Gasteiger partial charge in [0.15, 0.2) is 0 Å². The summed E-state index contributed by atoms with van der Waals surface area (Å²) in [5.74, 6) is 1.18. The van der Waals surface area contributed by atoms with Gasteiger partial charge < -0.3 is 14.5 Å². The van der Waals surface area contributed by atoms with Gasteiger partial charge in [-0.05, 0) is 50.1 Å². The smallest absolute Gasteiger partial charge is 0.236 e. The van der Waals surface area contributed by atoms with Gasteiger partial charge in [-0.1, -0.05) is 13.3 Å². The van der Waals surface area contributed by atoms with Crippen molar-refractivity contribution in [2.24, 2.45) is 0 Å². The molecule has 0 radical (unpaired) electrons. The number of nitrogens with zero attached hydrogens (tertiary/aromatic N) is 3. The van der Waals surface area contributed by atoms with Crippen LogP contribution in [-0.4, -0.2) is 68.1 Å². The molecule has 2 aliphatic rings. The average molecular weight is 345 g/mol. The summed E-state index contributed by atoms with van der Waals surface area (Å²) in [6, 6.07) is 8.77. The molecule has 0 aromatic heterocycles. The summed E-state index contributed by atoms with van der Waals surface area (Å²) < 4.78 is 5.22.